The van der Waals surface area contributed by atoms with Crippen LogP contribution in [0.1, 0.15) is 52.1 Å². The number of likely N-dealkylation sites (tertiary alicyclic amines) is 1. The molecular weight excluding hydrogens is 368 g/mol. The van der Waals surface area contributed by atoms with Crippen LogP contribution in [-0.4, -0.2) is 39.0 Å². The van der Waals surface area contributed by atoms with E-state index in [-0.39, 0.29) is 18.4 Å². The quantitative estimate of drug-likeness (QED) is 0.659. The molecule has 7 nitrogen and oxygen atoms in total. The standard InChI is InChI=1S/C22H24N4O3/c1-15-5-7-18(8-6-15)28-14-20-24-21(25-29-20)17-9-12-26(13-10-17)22(27)19-4-3-11-23-16(19)2/h3-8,11,17H,9-10,12-14H2,1-2H3. The maximum atomic E-state index is 12.7. The summed E-state index contributed by atoms with van der Waals surface area (Å²) in [4.78, 5) is 23.3. The molecule has 0 saturated carbocycles. The third-order valence-corrected chi connectivity index (χ3v) is 5.25. The van der Waals surface area contributed by atoms with Gasteiger partial charge in [-0.1, -0.05) is 22.9 Å². The first-order valence-electron chi connectivity index (χ1n) is 9.83. The molecule has 1 aromatic carbocycles. The molecule has 0 N–H and O–H groups in total. The minimum atomic E-state index is 0.0364. The van der Waals surface area contributed by atoms with Crippen molar-refractivity contribution in [2.24, 2.45) is 0 Å². The summed E-state index contributed by atoms with van der Waals surface area (Å²) >= 11 is 0. The predicted octanol–water partition coefficient (Wildman–Crippen LogP) is 3.68. The van der Waals surface area contributed by atoms with Crippen molar-refractivity contribution in [3.63, 3.8) is 0 Å². The lowest BCUT2D eigenvalue weighted by atomic mass is 9.95. The Kier molecular flexibility index (Phi) is 5.55. The van der Waals surface area contributed by atoms with Crippen LogP contribution in [0.3, 0.4) is 0 Å². The number of aromatic nitrogens is 3. The Bertz CT molecular complexity index is 976. The van der Waals surface area contributed by atoms with Gasteiger partial charge in [0, 0.05) is 30.9 Å². The Labute approximate surface area is 169 Å². The van der Waals surface area contributed by atoms with Crippen LogP contribution in [-0.2, 0) is 6.61 Å². The highest BCUT2D eigenvalue weighted by atomic mass is 16.5. The summed E-state index contributed by atoms with van der Waals surface area (Å²) in [6, 6.07) is 11.5. The van der Waals surface area contributed by atoms with E-state index >= 15 is 0 Å². The summed E-state index contributed by atoms with van der Waals surface area (Å²) in [6.07, 6.45) is 3.32. The lowest BCUT2D eigenvalue weighted by Gasteiger charge is -2.30. The van der Waals surface area contributed by atoms with Crippen molar-refractivity contribution in [3.8, 4) is 5.75 Å². The van der Waals surface area contributed by atoms with Crippen LogP contribution in [0.2, 0.25) is 0 Å². The first-order chi connectivity index (χ1) is 14.1. The highest BCUT2D eigenvalue weighted by molar-refractivity contribution is 5.95. The van der Waals surface area contributed by atoms with Crippen molar-refractivity contribution in [2.75, 3.05) is 13.1 Å². The number of carbonyl (C=O) groups is 1. The number of benzene rings is 1. The molecule has 1 aliphatic heterocycles. The third kappa shape index (κ3) is 4.45. The monoisotopic (exact) mass is 392 g/mol. The fraction of sp³-hybridized carbons (Fsp3) is 0.364. The van der Waals surface area contributed by atoms with Gasteiger partial charge in [-0.05, 0) is 51.0 Å². The van der Waals surface area contributed by atoms with E-state index in [1.54, 1.807) is 12.3 Å². The fourth-order valence-corrected chi connectivity index (χ4v) is 3.49. The van der Waals surface area contributed by atoms with E-state index in [0.717, 1.165) is 24.3 Å². The molecule has 0 atom stereocenters. The van der Waals surface area contributed by atoms with Gasteiger partial charge in [-0.25, -0.2) is 0 Å². The summed E-state index contributed by atoms with van der Waals surface area (Å²) < 4.78 is 11.0. The van der Waals surface area contributed by atoms with Crippen LogP contribution in [0, 0.1) is 13.8 Å². The van der Waals surface area contributed by atoms with E-state index in [1.807, 2.05) is 49.1 Å². The normalized spacial score (nSPS) is 14.8. The van der Waals surface area contributed by atoms with Gasteiger partial charge in [0.2, 0.25) is 0 Å². The van der Waals surface area contributed by atoms with Gasteiger partial charge in [0.25, 0.3) is 11.8 Å². The molecule has 1 amide bonds. The van der Waals surface area contributed by atoms with E-state index in [4.69, 9.17) is 9.26 Å². The minimum Gasteiger partial charge on any atom is -0.484 e. The first-order valence-corrected chi connectivity index (χ1v) is 9.83. The lowest BCUT2D eigenvalue weighted by Crippen LogP contribution is -2.38. The number of carbonyl (C=O) groups excluding carboxylic acids is 1. The largest absolute Gasteiger partial charge is 0.484 e. The Morgan fingerprint density at radius 1 is 1.17 bits per heavy atom. The summed E-state index contributed by atoms with van der Waals surface area (Å²) in [6.45, 7) is 5.47. The number of rotatable bonds is 5. The van der Waals surface area contributed by atoms with Gasteiger partial charge in [0.15, 0.2) is 12.4 Å². The zero-order chi connectivity index (χ0) is 20.2. The van der Waals surface area contributed by atoms with E-state index in [2.05, 4.69) is 15.1 Å². The van der Waals surface area contributed by atoms with Gasteiger partial charge in [0.05, 0.1) is 5.56 Å². The van der Waals surface area contributed by atoms with Crippen LogP contribution in [0.25, 0.3) is 0 Å². The number of nitrogens with zero attached hydrogens (tertiary/aromatic N) is 4. The van der Waals surface area contributed by atoms with E-state index in [1.165, 1.54) is 5.56 Å². The molecule has 0 bridgehead atoms. The highest BCUT2D eigenvalue weighted by Gasteiger charge is 2.28. The zero-order valence-corrected chi connectivity index (χ0v) is 16.7. The molecule has 2 aromatic heterocycles. The van der Waals surface area contributed by atoms with Crippen molar-refractivity contribution in [1.29, 1.82) is 0 Å². The Hall–Kier alpha value is -3.22. The van der Waals surface area contributed by atoms with E-state index in [9.17, 15) is 4.79 Å². The Morgan fingerprint density at radius 3 is 2.66 bits per heavy atom. The fourth-order valence-electron chi connectivity index (χ4n) is 3.49. The Morgan fingerprint density at radius 2 is 1.93 bits per heavy atom. The summed E-state index contributed by atoms with van der Waals surface area (Å²) in [5, 5.41) is 4.13. The maximum Gasteiger partial charge on any atom is 0.264 e. The third-order valence-electron chi connectivity index (χ3n) is 5.25. The van der Waals surface area contributed by atoms with Crippen molar-refractivity contribution in [2.45, 2.75) is 39.2 Å². The van der Waals surface area contributed by atoms with Crippen molar-refractivity contribution in [1.82, 2.24) is 20.0 Å². The van der Waals surface area contributed by atoms with Crippen LogP contribution >= 0.6 is 0 Å². The summed E-state index contributed by atoms with van der Waals surface area (Å²) in [5.41, 5.74) is 2.61. The molecule has 0 spiro atoms. The minimum absolute atomic E-state index is 0.0364. The SMILES string of the molecule is Cc1ccc(OCc2nc(C3CCN(C(=O)c4cccnc4C)CC3)no2)cc1. The molecule has 1 fully saturated rings. The first kappa shape index (κ1) is 19.1. The number of pyridine rings is 1. The number of hydrogen-bond acceptors (Lipinski definition) is 6. The number of piperidine rings is 1. The molecule has 0 radical (unpaired) electrons. The number of amides is 1. The van der Waals surface area contributed by atoms with E-state index in [0.29, 0.717) is 30.4 Å². The zero-order valence-electron chi connectivity index (χ0n) is 16.7. The molecule has 1 saturated heterocycles. The van der Waals surface area contributed by atoms with Gasteiger partial charge in [-0.15, -0.1) is 0 Å². The number of aryl methyl sites for hydroxylation is 2. The van der Waals surface area contributed by atoms with Gasteiger partial charge in [0.1, 0.15) is 5.75 Å². The topological polar surface area (TPSA) is 81.4 Å². The molecule has 3 heterocycles. The molecule has 29 heavy (non-hydrogen) atoms. The molecule has 0 unspecified atom stereocenters. The molecular formula is C22H24N4O3. The molecule has 1 aliphatic rings. The molecule has 0 aliphatic carbocycles. The smallest absolute Gasteiger partial charge is 0.264 e. The highest BCUT2D eigenvalue weighted by Crippen LogP contribution is 2.27. The summed E-state index contributed by atoms with van der Waals surface area (Å²) in [7, 11) is 0. The van der Waals surface area contributed by atoms with Gasteiger partial charge < -0.3 is 14.2 Å². The molecule has 150 valence electrons. The van der Waals surface area contributed by atoms with E-state index < -0.39 is 0 Å². The van der Waals surface area contributed by atoms with Crippen LogP contribution in [0.5, 0.6) is 5.75 Å². The molecule has 4 rings (SSSR count). The second kappa shape index (κ2) is 8.43. The second-order valence-corrected chi connectivity index (χ2v) is 7.35. The Balaban J connectivity index is 1.31. The summed E-state index contributed by atoms with van der Waals surface area (Å²) in [5.74, 6) is 2.15. The number of hydrogen-bond donors (Lipinski definition) is 0. The van der Waals surface area contributed by atoms with Crippen molar-refractivity contribution in [3.05, 3.63) is 71.1 Å². The van der Waals surface area contributed by atoms with Gasteiger partial charge in [-0.3, -0.25) is 9.78 Å². The second-order valence-electron chi connectivity index (χ2n) is 7.35. The van der Waals surface area contributed by atoms with Gasteiger partial charge >= 0.3 is 0 Å². The molecule has 3 aromatic rings. The van der Waals surface area contributed by atoms with Crippen molar-refractivity contribution < 1.29 is 14.1 Å². The van der Waals surface area contributed by atoms with Crippen LogP contribution in [0.15, 0.2) is 47.1 Å². The van der Waals surface area contributed by atoms with Gasteiger partial charge in [-0.2, -0.15) is 4.98 Å². The molecule has 7 heteroatoms. The average molecular weight is 392 g/mol. The number of ether oxygens (including phenoxy) is 1. The lowest BCUT2D eigenvalue weighted by molar-refractivity contribution is 0.0709. The average Bonchev–Trinajstić information content (AvgIpc) is 3.22. The predicted molar refractivity (Wildman–Crippen MR) is 107 cm³/mol. The van der Waals surface area contributed by atoms with Crippen LogP contribution < -0.4 is 4.74 Å². The maximum absolute atomic E-state index is 12.7. The van der Waals surface area contributed by atoms with Crippen molar-refractivity contribution >= 4 is 5.91 Å². The van der Waals surface area contributed by atoms with Crippen LogP contribution in [0.4, 0.5) is 0 Å².